The third-order valence-corrected chi connectivity index (χ3v) is 3.73. The van der Waals surface area contributed by atoms with Crippen molar-refractivity contribution in [3.63, 3.8) is 0 Å². The molecule has 1 aromatic rings. The molecule has 0 amide bonds. The van der Waals surface area contributed by atoms with E-state index in [9.17, 15) is 4.39 Å². The highest BCUT2D eigenvalue weighted by molar-refractivity contribution is 5.56. The summed E-state index contributed by atoms with van der Waals surface area (Å²) in [5.41, 5.74) is 1.80. The number of rotatable bonds is 9. The second kappa shape index (κ2) is 9.00. The number of benzene rings is 1. The smallest absolute Gasteiger partial charge is 0.146 e. The normalized spacial score (nSPS) is 12.7. The van der Waals surface area contributed by atoms with E-state index >= 15 is 0 Å². The summed E-state index contributed by atoms with van der Waals surface area (Å²) in [5, 5.41) is 3.38. The number of hydrogen-bond acceptors (Lipinski definition) is 3. The molecule has 3 nitrogen and oxygen atoms in total. The van der Waals surface area contributed by atoms with Crippen molar-refractivity contribution in [2.24, 2.45) is 0 Å². The SMILES string of the molecule is CCNC(C)c1cccc(F)c1N(CC)CCCN(C)C. The van der Waals surface area contributed by atoms with Gasteiger partial charge in [0.05, 0.1) is 5.69 Å². The Balaban J connectivity index is 2.95. The van der Waals surface area contributed by atoms with Gasteiger partial charge in [-0.05, 0) is 59.1 Å². The van der Waals surface area contributed by atoms with Crippen molar-refractivity contribution in [1.29, 1.82) is 0 Å². The van der Waals surface area contributed by atoms with Gasteiger partial charge in [-0.3, -0.25) is 0 Å². The van der Waals surface area contributed by atoms with E-state index in [1.807, 2.05) is 6.07 Å². The molecule has 1 N–H and O–H groups in total. The summed E-state index contributed by atoms with van der Waals surface area (Å²) < 4.78 is 14.4. The molecule has 0 heterocycles. The van der Waals surface area contributed by atoms with Crippen LogP contribution in [0.4, 0.5) is 10.1 Å². The summed E-state index contributed by atoms with van der Waals surface area (Å²) >= 11 is 0. The van der Waals surface area contributed by atoms with Crippen LogP contribution in [-0.4, -0.2) is 45.2 Å². The average Bonchev–Trinajstić information content (AvgIpc) is 2.44. The zero-order valence-electron chi connectivity index (χ0n) is 14.1. The van der Waals surface area contributed by atoms with Gasteiger partial charge in [0.2, 0.25) is 0 Å². The molecule has 0 fully saturated rings. The van der Waals surface area contributed by atoms with Crippen LogP contribution in [0.5, 0.6) is 0 Å². The molecule has 0 aliphatic heterocycles. The van der Waals surface area contributed by atoms with Gasteiger partial charge in [0.25, 0.3) is 0 Å². The first-order valence-electron chi connectivity index (χ1n) is 7.92. The number of anilines is 1. The van der Waals surface area contributed by atoms with E-state index < -0.39 is 0 Å². The predicted molar refractivity (Wildman–Crippen MR) is 89.5 cm³/mol. The first-order chi connectivity index (χ1) is 10.0. The Hall–Kier alpha value is -1.13. The van der Waals surface area contributed by atoms with Gasteiger partial charge in [-0.15, -0.1) is 0 Å². The lowest BCUT2D eigenvalue weighted by atomic mass is 10.0. The minimum Gasteiger partial charge on any atom is -0.369 e. The lowest BCUT2D eigenvalue weighted by Crippen LogP contribution is -2.30. The Morgan fingerprint density at radius 3 is 2.48 bits per heavy atom. The Labute approximate surface area is 129 Å². The first-order valence-corrected chi connectivity index (χ1v) is 7.92. The summed E-state index contributed by atoms with van der Waals surface area (Å²) in [4.78, 5) is 4.32. The summed E-state index contributed by atoms with van der Waals surface area (Å²) in [6.45, 7) is 9.85. The molecular formula is C17H30FN3. The van der Waals surface area contributed by atoms with E-state index in [0.29, 0.717) is 0 Å². The molecule has 1 aromatic carbocycles. The topological polar surface area (TPSA) is 18.5 Å². The minimum absolute atomic E-state index is 0.121. The second-order valence-electron chi connectivity index (χ2n) is 5.69. The maximum absolute atomic E-state index is 14.4. The Morgan fingerprint density at radius 1 is 1.19 bits per heavy atom. The summed E-state index contributed by atoms with van der Waals surface area (Å²) in [5.74, 6) is -0.121. The molecule has 1 rings (SSSR count). The zero-order chi connectivity index (χ0) is 15.8. The van der Waals surface area contributed by atoms with Crippen molar-refractivity contribution in [2.75, 3.05) is 45.2 Å². The van der Waals surface area contributed by atoms with Gasteiger partial charge < -0.3 is 15.1 Å². The van der Waals surface area contributed by atoms with Gasteiger partial charge in [-0.25, -0.2) is 4.39 Å². The van der Waals surface area contributed by atoms with Gasteiger partial charge in [0.15, 0.2) is 0 Å². The van der Waals surface area contributed by atoms with Crippen LogP contribution in [0.2, 0.25) is 0 Å². The summed E-state index contributed by atoms with van der Waals surface area (Å²) in [6, 6.07) is 5.55. The Morgan fingerprint density at radius 2 is 1.90 bits per heavy atom. The van der Waals surface area contributed by atoms with Crippen LogP contribution >= 0.6 is 0 Å². The Kier molecular flexibility index (Phi) is 7.68. The molecule has 0 saturated carbocycles. The zero-order valence-corrected chi connectivity index (χ0v) is 14.1. The quantitative estimate of drug-likeness (QED) is 0.754. The van der Waals surface area contributed by atoms with Gasteiger partial charge >= 0.3 is 0 Å². The average molecular weight is 295 g/mol. The second-order valence-corrected chi connectivity index (χ2v) is 5.69. The van der Waals surface area contributed by atoms with Crippen LogP contribution < -0.4 is 10.2 Å². The standard InChI is InChI=1S/C17H30FN3/c1-6-19-14(3)15-10-8-11-16(18)17(15)21(7-2)13-9-12-20(4)5/h8,10-11,14,19H,6-7,9,12-13H2,1-5H3. The maximum atomic E-state index is 14.4. The molecule has 0 saturated heterocycles. The molecule has 0 aliphatic carbocycles. The highest BCUT2D eigenvalue weighted by Crippen LogP contribution is 2.29. The van der Waals surface area contributed by atoms with Crippen LogP contribution in [0.15, 0.2) is 18.2 Å². The van der Waals surface area contributed by atoms with Gasteiger partial charge in [-0.1, -0.05) is 19.1 Å². The van der Waals surface area contributed by atoms with Gasteiger partial charge in [-0.2, -0.15) is 0 Å². The van der Waals surface area contributed by atoms with Crippen LogP contribution in [0.25, 0.3) is 0 Å². The van der Waals surface area contributed by atoms with E-state index in [1.165, 1.54) is 0 Å². The van der Waals surface area contributed by atoms with E-state index in [1.54, 1.807) is 12.1 Å². The number of halogens is 1. The number of nitrogens with one attached hydrogen (secondary N) is 1. The van der Waals surface area contributed by atoms with Gasteiger partial charge in [0.1, 0.15) is 5.82 Å². The Bertz CT molecular complexity index is 420. The first kappa shape index (κ1) is 17.9. The lowest BCUT2D eigenvalue weighted by molar-refractivity contribution is 0.400. The molecule has 21 heavy (non-hydrogen) atoms. The minimum atomic E-state index is -0.121. The largest absolute Gasteiger partial charge is 0.369 e. The highest BCUT2D eigenvalue weighted by Gasteiger charge is 2.18. The van der Waals surface area contributed by atoms with Gasteiger partial charge in [0, 0.05) is 19.1 Å². The predicted octanol–water partition coefficient (Wildman–Crippen LogP) is 3.27. The number of nitrogens with zero attached hydrogens (tertiary/aromatic N) is 2. The third kappa shape index (κ3) is 5.29. The fourth-order valence-electron chi connectivity index (χ4n) is 2.64. The van der Waals surface area contributed by atoms with Crippen molar-refractivity contribution in [3.05, 3.63) is 29.6 Å². The third-order valence-electron chi connectivity index (χ3n) is 3.73. The number of hydrogen-bond donors (Lipinski definition) is 1. The highest BCUT2D eigenvalue weighted by atomic mass is 19.1. The fourth-order valence-corrected chi connectivity index (χ4v) is 2.64. The fraction of sp³-hybridized carbons (Fsp3) is 0.647. The van der Waals surface area contributed by atoms with Crippen molar-refractivity contribution in [1.82, 2.24) is 10.2 Å². The summed E-state index contributed by atoms with van der Waals surface area (Å²) in [6.07, 6.45) is 1.03. The maximum Gasteiger partial charge on any atom is 0.146 e. The van der Waals surface area contributed by atoms with E-state index in [0.717, 1.165) is 43.9 Å². The molecule has 0 aromatic heterocycles. The molecule has 0 radical (unpaired) electrons. The summed E-state index contributed by atoms with van der Waals surface area (Å²) in [7, 11) is 4.14. The molecule has 4 heteroatoms. The molecule has 0 spiro atoms. The molecule has 1 atom stereocenters. The number of para-hydroxylation sites is 1. The van der Waals surface area contributed by atoms with Crippen molar-refractivity contribution in [3.8, 4) is 0 Å². The van der Waals surface area contributed by atoms with E-state index in [2.05, 4.69) is 50.0 Å². The molecular weight excluding hydrogens is 265 g/mol. The molecule has 0 bridgehead atoms. The monoisotopic (exact) mass is 295 g/mol. The van der Waals surface area contributed by atoms with Crippen molar-refractivity contribution in [2.45, 2.75) is 33.2 Å². The van der Waals surface area contributed by atoms with Crippen LogP contribution in [0.1, 0.15) is 38.8 Å². The van der Waals surface area contributed by atoms with Crippen LogP contribution in [0, 0.1) is 5.82 Å². The molecule has 120 valence electrons. The van der Waals surface area contributed by atoms with Crippen molar-refractivity contribution < 1.29 is 4.39 Å². The lowest BCUT2D eigenvalue weighted by Gasteiger charge is -2.29. The van der Waals surface area contributed by atoms with E-state index in [-0.39, 0.29) is 11.9 Å². The van der Waals surface area contributed by atoms with E-state index in [4.69, 9.17) is 0 Å². The van der Waals surface area contributed by atoms with Crippen LogP contribution in [0.3, 0.4) is 0 Å². The molecule has 0 aliphatic rings. The van der Waals surface area contributed by atoms with Crippen LogP contribution in [-0.2, 0) is 0 Å². The molecule has 1 unspecified atom stereocenters. The van der Waals surface area contributed by atoms with Crippen molar-refractivity contribution >= 4 is 5.69 Å².